The van der Waals surface area contributed by atoms with Crippen molar-refractivity contribution in [2.45, 2.75) is 70.2 Å². The molecule has 7 nitrogen and oxygen atoms in total. The number of ether oxygens (including phenoxy) is 1. The Morgan fingerprint density at radius 2 is 1.73 bits per heavy atom. The molecule has 1 amide bonds. The van der Waals surface area contributed by atoms with Crippen LogP contribution in [0.4, 0.5) is 4.79 Å². The molecule has 1 saturated heterocycles. The van der Waals surface area contributed by atoms with Gasteiger partial charge in [-0.05, 0) is 33.3 Å². The number of piperidine rings is 1. The number of rotatable bonds is 5. The molecule has 0 saturated carbocycles. The Balaban J connectivity index is 1.99. The number of nitrogens with zero attached hydrogens (tertiary/aromatic N) is 1. The lowest BCUT2D eigenvalue weighted by Gasteiger charge is -2.49. The smallest absolute Gasteiger partial charge is 0.408 e. The van der Waals surface area contributed by atoms with Crippen LogP contribution < -0.4 is 5.32 Å². The minimum Gasteiger partial charge on any atom is -0.480 e. The summed E-state index contributed by atoms with van der Waals surface area (Å²) < 4.78 is 5.45. The Morgan fingerprint density at radius 3 is 2.23 bits per heavy atom. The second-order valence-corrected chi connectivity index (χ2v) is 8.08. The van der Waals surface area contributed by atoms with Gasteiger partial charge in [-0.2, -0.15) is 0 Å². The molecule has 0 aromatic heterocycles. The van der Waals surface area contributed by atoms with E-state index in [0.717, 1.165) is 10.6 Å². The highest BCUT2D eigenvalue weighted by atomic mass is 16.6. The number of hydroxylamine groups is 2. The van der Waals surface area contributed by atoms with Gasteiger partial charge in [0.05, 0.1) is 0 Å². The quantitative estimate of drug-likeness (QED) is 0.838. The highest BCUT2D eigenvalue weighted by molar-refractivity contribution is 5.80. The van der Waals surface area contributed by atoms with Crippen LogP contribution >= 0.6 is 0 Å². The summed E-state index contributed by atoms with van der Waals surface area (Å²) >= 11 is 0. The first-order valence-electron chi connectivity index (χ1n) is 8.72. The van der Waals surface area contributed by atoms with Crippen molar-refractivity contribution in [3.63, 3.8) is 0 Å². The van der Waals surface area contributed by atoms with Gasteiger partial charge in [0.15, 0.2) is 0 Å². The number of hydrogen-bond acceptors (Lipinski definition) is 4. The molecule has 26 heavy (non-hydrogen) atoms. The minimum absolute atomic E-state index is 0.168. The highest BCUT2D eigenvalue weighted by Gasteiger charge is 2.47. The minimum atomic E-state index is -1.12. The second kappa shape index (κ2) is 7.63. The Bertz CT molecular complexity index is 627. The molecule has 1 fully saturated rings. The fourth-order valence-electron chi connectivity index (χ4n) is 3.63. The number of carboxylic acid groups (broad SMARTS) is 1. The molecule has 1 radical (unpaired) electrons. The monoisotopic (exact) mass is 363 g/mol. The average molecular weight is 363 g/mol. The predicted octanol–water partition coefficient (Wildman–Crippen LogP) is 2.78. The molecule has 1 aliphatic rings. The lowest BCUT2D eigenvalue weighted by molar-refractivity contribution is -0.298. The lowest BCUT2D eigenvalue weighted by atomic mass is 9.80. The third-order valence-corrected chi connectivity index (χ3v) is 4.70. The third-order valence-electron chi connectivity index (χ3n) is 4.70. The SMILES string of the molecule is CC1(C)CC(OC(=O)N[C@@H](Cc2ccccc2)C(=O)O)CC(C)(C)N1[O]. The summed E-state index contributed by atoms with van der Waals surface area (Å²) in [5.74, 6) is -1.12. The number of carboxylic acids is 1. The van der Waals surface area contributed by atoms with Crippen LogP contribution in [0.5, 0.6) is 0 Å². The Hall–Kier alpha value is -2.12. The summed E-state index contributed by atoms with van der Waals surface area (Å²) in [6.45, 7) is 7.24. The molecule has 2 N–H and O–H groups in total. The molecule has 7 heteroatoms. The molecule has 1 aromatic rings. The standard InChI is InChI=1S/C19H27N2O5/c1-18(2)11-14(12-19(3,4)21(18)25)26-17(24)20-15(16(22)23)10-13-8-6-5-7-9-13/h5-9,14-15H,10-12H2,1-4H3,(H,20,24)(H,22,23)/t15-/m0/s1. The highest BCUT2D eigenvalue weighted by Crippen LogP contribution is 2.38. The van der Waals surface area contributed by atoms with Gasteiger partial charge in [-0.3, -0.25) is 0 Å². The number of hydrogen-bond donors (Lipinski definition) is 2. The molecule has 1 atom stereocenters. The van der Waals surface area contributed by atoms with Gasteiger partial charge in [0.25, 0.3) is 0 Å². The first-order valence-corrected chi connectivity index (χ1v) is 8.72. The van der Waals surface area contributed by atoms with Crippen molar-refractivity contribution in [3.8, 4) is 0 Å². The van der Waals surface area contributed by atoms with Crippen molar-refractivity contribution in [1.82, 2.24) is 10.4 Å². The number of alkyl carbamates (subject to hydrolysis) is 1. The fourth-order valence-corrected chi connectivity index (χ4v) is 3.63. The number of aliphatic carboxylic acids is 1. The van der Waals surface area contributed by atoms with Crippen LogP contribution in [0.25, 0.3) is 0 Å². The number of carbonyl (C=O) groups excluding carboxylic acids is 1. The van der Waals surface area contributed by atoms with Crippen LogP contribution in [-0.2, 0) is 21.2 Å². The molecular formula is C19H27N2O5. The summed E-state index contributed by atoms with van der Waals surface area (Å²) in [5, 5.41) is 25.2. The molecule has 1 heterocycles. The van der Waals surface area contributed by atoms with Gasteiger partial charge in [0, 0.05) is 30.3 Å². The average Bonchev–Trinajstić information content (AvgIpc) is 2.52. The first kappa shape index (κ1) is 20.2. The summed E-state index contributed by atoms with van der Waals surface area (Å²) in [6, 6.07) is 7.99. The van der Waals surface area contributed by atoms with Crippen molar-refractivity contribution in [3.05, 3.63) is 35.9 Å². The Labute approximate surface area is 153 Å². The predicted molar refractivity (Wildman–Crippen MR) is 94.9 cm³/mol. The van der Waals surface area contributed by atoms with Gasteiger partial charge in [-0.15, -0.1) is 10.3 Å². The maximum absolute atomic E-state index is 12.4. The van der Waals surface area contributed by atoms with Crippen LogP contribution in [0.15, 0.2) is 30.3 Å². The van der Waals surface area contributed by atoms with Crippen molar-refractivity contribution in [1.29, 1.82) is 0 Å². The third kappa shape index (κ3) is 4.95. The van der Waals surface area contributed by atoms with Crippen LogP contribution in [0.2, 0.25) is 0 Å². The van der Waals surface area contributed by atoms with Crippen LogP contribution in [0.1, 0.15) is 46.1 Å². The zero-order chi connectivity index (χ0) is 19.5. The number of amides is 1. The van der Waals surface area contributed by atoms with Crippen molar-refractivity contribution in [2.24, 2.45) is 0 Å². The van der Waals surface area contributed by atoms with E-state index in [9.17, 15) is 19.9 Å². The zero-order valence-corrected chi connectivity index (χ0v) is 15.7. The van der Waals surface area contributed by atoms with E-state index < -0.39 is 35.3 Å². The van der Waals surface area contributed by atoms with Crippen LogP contribution in [0.3, 0.4) is 0 Å². The Kier molecular flexibility index (Phi) is 5.93. The van der Waals surface area contributed by atoms with Crippen molar-refractivity contribution in [2.75, 3.05) is 0 Å². The van der Waals surface area contributed by atoms with E-state index in [2.05, 4.69) is 5.32 Å². The van der Waals surface area contributed by atoms with Crippen LogP contribution in [-0.4, -0.2) is 45.5 Å². The molecule has 0 aliphatic carbocycles. The van der Waals surface area contributed by atoms with E-state index in [-0.39, 0.29) is 6.42 Å². The van der Waals surface area contributed by atoms with E-state index in [1.165, 1.54) is 0 Å². The van der Waals surface area contributed by atoms with Gasteiger partial charge in [0.2, 0.25) is 0 Å². The molecule has 0 bridgehead atoms. The summed E-state index contributed by atoms with van der Waals surface area (Å²) in [7, 11) is 0. The normalized spacial score (nSPS) is 21.0. The van der Waals surface area contributed by atoms with Crippen molar-refractivity contribution >= 4 is 12.1 Å². The fraction of sp³-hybridized carbons (Fsp3) is 0.579. The van der Waals surface area contributed by atoms with E-state index in [0.29, 0.717) is 12.8 Å². The molecule has 0 unspecified atom stereocenters. The molecule has 143 valence electrons. The summed E-state index contributed by atoms with van der Waals surface area (Å²) in [6.07, 6.45) is -0.268. The zero-order valence-electron chi connectivity index (χ0n) is 15.7. The van der Waals surface area contributed by atoms with E-state index in [4.69, 9.17) is 4.74 Å². The van der Waals surface area contributed by atoms with Gasteiger partial charge in [0.1, 0.15) is 12.1 Å². The summed E-state index contributed by atoms with van der Waals surface area (Å²) in [4.78, 5) is 23.7. The Morgan fingerprint density at radius 1 is 1.19 bits per heavy atom. The van der Waals surface area contributed by atoms with Gasteiger partial charge < -0.3 is 15.2 Å². The van der Waals surface area contributed by atoms with E-state index >= 15 is 0 Å². The number of carbonyl (C=O) groups is 2. The number of nitrogens with one attached hydrogen (secondary N) is 1. The molecule has 0 spiro atoms. The lowest BCUT2D eigenvalue weighted by Crippen LogP contribution is -2.60. The molecular weight excluding hydrogens is 336 g/mol. The first-order chi connectivity index (χ1) is 12.0. The van der Waals surface area contributed by atoms with Gasteiger partial charge >= 0.3 is 12.1 Å². The van der Waals surface area contributed by atoms with Crippen molar-refractivity contribution < 1.29 is 24.6 Å². The second-order valence-electron chi connectivity index (χ2n) is 8.08. The number of benzene rings is 1. The molecule has 1 aliphatic heterocycles. The van der Waals surface area contributed by atoms with Gasteiger partial charge in [-0.1, -0.05) is 30.3 Å². The van der Waals surface area contributed by atoms with Crippen LogP contribution in [0, 0.1) is 0 Å². The molecule has 2 rings (SSSR count). The van der Waals surface area contributed by atoms with E-state index in [1.807, 2.05) is 45.9 Å². The van der Waals surface area contributed by atoms with E-state index in [1.54, 1.807) is 12.1 Å². The van der Waals surface area contributed by atoms with Gasteiger partial charge in [-0.25, -0.2) is 9.59 Å². The maximum Gasteiger partial charge on any atom is 0.408 e. The largest absolute Gasteiger partial charge is 0.480 e. The topological polar surface area (TPSA) is 98.8 Å². The maximum atomic E-state index is 12.4. The summed E-state index contributed by atoms with van der Waals surface area (Å²) in [5.41, 5.74) is -0.520. The molecule has 1 aromatic carbocycles.